The van der Waals surface area contributed by atoms with Crippen molar-refractivity contribution in [2.45, 2.75) is 24.3 Å². The molecule has 1 aliphatic heterocycles. The Labute approximate surface area is 183 Å². The summed E-state index contributed by atoms with van der Waals surface area (Å²) in [5.74, 6) is -1.65. The maximum atomic E-state index is 13.6. The van der Waals surface area contributed by atoms with Crippen molar-refractivity contribution in [3.05, 3.63) is 65.2 Å². The monoisotopic (exact) mass is 444 g/mol. The van der Waals surface area contributed by atoms with Crippen LogP contribution in [0.2, 0.25) is 0 Å². The van der Waals surface area contributed by atoms with Crippen LogP contribution in [0.1, 0.15) is 22.8 Å². The molecule has 0 saturated carbocycles. The molecule has 1 aromatic heterocycles. The SMILES string of the molecule is Cc1ccc(-n2c(SC(C)C(=O)c3ccc(F)c(F)c3)nnc2N2CCOCC2)cc1. The molecule has 0 aliphatic carbocycles. The number of anilines is 1. The minimum absolute atomic E-state index is 0.119. The molecule has 2 aromatic carbocycles. The van der Waals surface area contributed by atoms with Crippen LogP contribution in [0.5, 0.6) is 0 Å². The number of rotatable bonds is 6. The van der Waals surface area contributed by atoms with E-state index in [4.69, 9.17) is 4.74 Å². The lowest BCUT2D eigenvalue weighted by atomic mass is 10.1. The van der Waals surface area contributed by atoms with Gasteiger partial charge in [0.1, 0.15) is 0 Å². The van der Waals surface area contributed by atoms with Gasteiger partial charge in [0.05, 0.1) is 24.2 Å². The Balaban J connectivity index is 1.65. The number of aryl methyl sites for hydroxylation is 1. The van der Waals surface area contributed by atoms with E-state index in [-0.39, 0.29) is 11.3 Å². The highest BCUT2D eigenvalue weighted by atomic mass is 32.2. The third-order valence-corrected chi connectivity index (χ3v) is 6.10. The van der Waals surface area contributed by atoms with Crippen molar-refractivity contribution in [3.8, 4) is 5.69 Å². The average molecular weight is 445 g/mol. The zero-order valence-electron chi connectivity index (χ0n) is 17.2. The second-order valence-corrected chi connectivity index (χ2v) is 8.61. The normalized spacial score (nSPS) is 15.2. The summed E-state index contributed by atoms with van der Waals surface area (Å²) in [4.78, 5) is 14.9. The Kier molecular flexibility index (Phi) is 6.33. The van der Waals surface area contributed by atoms with E-state index < -0.39 is 16.9 Å². The maximum Gasteiger partial charge on any atom is 0.232 e. The fraction of sp³-hybridized carbons (Fsp3) is 0.318. The molecule has 4 rings (SSSR count). The Morgan fingerprint density at radius 3 is 2.45 bits per heavy atom. The van der Waals surface area contributed by atoms with Crippen molar-refractivity contribution in [2.24, 2.45) is 0 Å². The number of carbonyl (C=O) groups is 1. The van der Waals surface area contributed by atoms with Gasteiger partial charge < -0.3 is 9.64 Å². The third-order valence-electron chi connectivity index (χ3n) is 5.06. The van der Waals surface area contributed by atoms with Crippen LogP contribution < -0.4 is 4.90 Å². The molecule has 1 saturated heterocycles. The van der Waals surface area contributed by atoms with Crippen molar-refractivity contribution in [3.63, 3.8) is 0 Å². The highest BCUT2D eigenvalue weighted by molar-refractivity contribution is 8.00. The molecule has 2 heterocycles. The second-order valence-electron chi connectivity index (χ2n) is 7.31. The Morgan fingerprint density at radius 1 is 1.06 bits per heavy atom. The van der Waals surface area contributed by atoms with Crippen LogP contribution in [0, 0.1) is 18.6 Å². The highest BCUT2D eigenvalue weighted by Crippen LogP contribution is 2.31. The minimum Gasteiger partial charge on any atom is -0.378 e. The standard InChI is InChI=1S/C22H22F2N4O2S/c1-14-3-6-17(7-4-14)28-21(27-9-11-30-12-10-27)25-26-22(28)31-15(2)20(29)16-5-8-18(23)19(24)13-16/h3-8,13,15H,9-12H2,1-2H3. The molecule has 162 valence electrons. The average Bonchev–Trinajstić information content (AvgIpc) is 3.19. The van der Waals surface area contributed by atoms with Crippen LogP contribution in [-0.4, -0.2) is 52.1 Å². The Bertz CT molecular complexity index is 1080. The first kappa shape index (κ1) is 21.5. The molecule has 9 heteroatoms. The first-order valence-electron chi connectivity index (χ1n) is 9.95. The molecule has 1 unspecified atom stereocenters. The largest absolute Gasteiger partial charge is 0.378 e. The van der Waals surface area contributed by atoms with E-state index in [2.05, 4.69) is 15.1 Å². The molecule has 1 atom stereocenters. The van der Waals surface area contributed by atoms with E-state index >= 15 is 0 Å². The quantitative estimate of drug-likeness (QED) is 0.422. The molecule has 6 nitrogen and oxygen atoms in total. The number of carbonyl (C=O) groups excluding carboxylic acids is 1. The van der Waals surface area contributed by atoms with E-state index in [0.717, 1.165) is 23.4 Å². The van der Waals surface area contributed by atoms with Crippen molar-refractivity contribution in [1.82, 2.24) is 14.8 Å². The van der Waals surface area contributed by atoms with Crippen LogP contribution in [0.3, 0.4) is 0 Å². The Morgan fingerprint density at radius 2 is 1.77 bits per heavy atom. The fourth-order valence-corrected chi connectivity index (χ4v) is 4.26. The number of ether oxygens (including phenoxy) is 1. The zero-order chi connectivity index (χ0) is 22.0. The number of hydrogen-bond donors (Lipinski definition) is 0. The summed E-state index contributed by atoms with van der Waals surface area (Å²) in [7, 11) is 0. The first-order valence-corrected chi connectivity index (χ1v) is 10.8. The number of Topliss-reactive ketones (excluding diaryl/α,β-unsaturated/α-hetero) is 1. The van der Waals surface area contributed by atoms with E-state index in [9.17, 15) is 13.6 Å². The molecular weight excluding hydrogens is 422 g/mol. The minimum atomic E-state index is -1.04. The summed E-state index contributed by atoms with van der Waals surface area (Å²) in [6.45, 7) is 6.33. The number of hydrogen-bond acceptors (Lipinski definition) is 6. The molecule has 0 radical (unpaired) electrons. The molecule has 31 heavy (non-hydrogen) atoms. The van der Waals surface area contributed by atoms with Gasteiger partial charge in [-0.25, -0.2) is 8.78 Å². The van der Waals surface area contributed by atoms with Crippen LogP contribution in [0.25, 0.3) is 5.69 Å². The summed E-state index contributed by atoms with van der Waals surface area (Å²) >= 11 is 1.23. The van der Waals surface area contributed by atoms with Gasteiger partial charge in [-0.05, 0) is 44.2 Å². The van der Waals surface area contributed by atoms with Crippen LogP contribution in [-0.2, 0) is 4.74 Å². The molecule has 1 fully saturated rings. The number of thioether (sulfide) groups is 1. The highest BCUT2D eigenvalue weighted by Gasteiger charge is 2.25. The molecule has 0 bridgehead atoms. The molecule has 1 aliphatic rings. The van der Waals surface area contributed by atoms with E-state index in [1.54, 1.807) is 6.92 Å². The summed E-state index contributed by atoms with van der Waals surface area (Å²) in [5, 5.41) is 8.71. The van der Waals surface area contributed by atoms with Gasteiger partial charge in [0.25, 0.3) is 0 Å². The second kappa shape index (κ2) is 9.15. The summed E-state index contributed by atoms with van der Waals surface area (Å²) in [6, 6.07) is 11.2. The predicted octanol–water partition coefficient (Wildman–Crippen LogP) is 4.05. The van der Waals surface area contributed by atoms with Gasteiger partial charge in [0.2, 0.25) is 5.95 Å². The van der Waals surface area contributed by atoms with Crippen LogP contribution >= 0.6 is 11.8 Å². The number of ketones is 1. The summed E-state index contributed by atoms with van der Waals surface area (Å²) in [5.41, 5.74) is 2.13. The number of halogens is 2. The first-order chi connectivity index (χ1) is 14.9. The number of benzene rings is 2. The zero-order valence-corrected chi connectivity index (χ0v) is 18.0. The maximum absolute atomic E-state index is 13.6. The lowest BCUT2D eigenvalue weighted by Crippen LogP contribution is -2.37. The number of morpholine rings is 1. The molecule has 0 spiro atoms. The van der Waals surface area contributed by atoms with Crippen molar-refractivity contribution in [1.29, 1.82) is 0 Å². The van der Waals surface area contributed by atoms with Gasteiger partial charge in [-0.1, -0.05) is 29.5 Å². The Hall–Kier alpha value is -2.78. The van der Waals surface area contributed by atoms with Gasteiger partial charge in [-0.3, -0.25) is 9.36 Å². The van der Waals surface area contributed by atoms with E-state index in [0.29, 0.717) is 37.4 Å². The lowest BCUT2D eigenvalue weighted by molar-refractivity contribution is 0.0993. The van der Waals surface area contributed by atoms with Crippen LogP contribution in [0.15, 0.2) is 47.6 Å². The predicted molar refractivity (Wildman–Crippen MR) is 115 cm³/mol. The lowest BCUT2D eigenvalue weighted by Gasteiger charge is -2.28. The van der Waals surface area contributed by atoms with Crippen LogP contribution in [0.4, 0.5) is 14.7 Å². The van der Waals surface area contributed by atoms with Gasteiger partial charge in [-0.15, -0.1) is 10.2 Å². The molecule has 3 aromatic rings. The number of nitrogens with zero attached hydrogens (tertiary/aromatic N) is 4. The van der Waals surface area contributed by atoms with Crippen molar-refractivity contribution < 1.29 is 18.3 Å². The molecule has 0 N–H and O–H groups in total. The van der Waals surface area contributed by atoms with E-state index in [1.165, 1.54) is 17.8 Å². The summed E-state index contributed by atoms with van der Waals surface area (Å²) < 4.78 is 34.2. The topological polar surface area (TPSA) is 60.2 Å². The summed E-state index contributed by atoms with van der Waals surface area (Å²) in [6.07, 6.45) is 0. The third kappa shape index (κ3) is 4.62. The van der Waals surface area contributed by atoms with Crippen molar-refractivity contribution in [2.75, 3.05) is 31.2 Å². The van der Waals surface area contributed by atoms with Gasteiger partial charge in [-0.2, -0.15) is 0 Å². The van der Waals surface area contributed by atoms with Gasteiger partial charge in [0.15, 0.2) is 22.6 Å². The van der Waals surface area contributed by atoms with E-state index in [1.807, 2.05) is 35.8 Å². The van der Waals surface area contributed by atoms with Gasteiger partial charge in [0, 0.05) is 18.7 Å². The molecule has 0 amide bonds. The van der Waals surface area contributed by atoms with Gasteiger partial charge >= 0.3 is 0 Å². The smallest absolute Gasteiger partial charge is 0.232 e. The molecular formula is C22H22F2N4O2S. The van der Waals surface area contributed by atoms with Crippen molar-refractivity contribution >= 4 is 23.5 Å². The number of aromatic nitrogens is 3. The fourth-order valence-electron chi connectivity index (χ4n) is 3.32.